The summed E-state index contributed by atoms with van der Waals surface area (Å²) in [6, 6.07) is 10.1. The summed E-state index contributed by atoms with van der Waals surface area (Å²) in [7, 11) is 0. The number of hydrogen-bond donors (Lipinski definition) is 1. The maximum atomic E-state index is 12.6. The summed E-state index contributed by atoms with van der Waals surface area (Å²) < 4.78 is 5.37. The number of nitrogens with two attached hydrogens (primary N) is 1. The quantitative estimate of drug-likeness (QED) is 0.907. The van der Waals surface area contributed by atoms with E-state index < -0.39 is 0 Å². The predicted molar refractivity (Wildman–Crippen MR) is 91.3 cm³/mol. The molecule has 124 valence electrons. The lowest BCUT2D eigenvalue weighted by Crippen LogP contribution is -2.38. The van der Waals surface area contributed by atoms with E-state index in [1.807, 2.05) is 18.2 Å². The van der Waals surface area contributed by atoms with Gasteiger partial charge >= 0.3 is 0 Å². The molecule has 0 spiro atoms. The minimum absolute atomic E-state index is 0.0381. The van der Waals surface area contributed by atoms with Crippen molar-refractivity contribution >= 4 is 17.5 Å². The highest BCUT2D eigenvalue weighted by atomic mass is 16.5. The number of fused-ring (bicyclic) bond motifs is 1. The molecule has 24 heavy (non-hydrogen) atoms. The van der Waals surface area contributed by atoms with Crippen LogP contribution in [0.5, 0.6) is 0 Å². The zero-order valence-electron chi connectivity index (χ0n) is 13.4. The van der Waals surface area contributed by atoms with Crippen LogP contribution in [0.25, 0.3) is 0 Å². The van der Waals surface area contributed by atoms with Crippen molar-refractivity contribution in [3.8, 4) is 0 Å². The maximum absolute atomic E-state index is 12.6. The summed E-state index contributed by atoms with van der Waals surface area (Å²) >= 11 is 0. The summed E-state index contributed by atoms with van der Waals surface area (Å²) in [5.74, 6) is 1.10. The minimum Gasteiger partial charge on any atom is -0.383 e. The number of anilines is 2. The van der Waals surface area contributed by atoms with E-state index in [2.05, 4.69) is 27.0 Å². The maximum Gasteiger partial charge on any atom is 0.227 e. The summed E-state index contributed by atoms with van der Waals surface area (Å²) in [5, 5.41) is 0. The van der Waals surface area contributed by atoms with E-state index >= 15 is 0 Å². The lowest BCUT2D eigenvalue weighted by Gasteiger charge is -2.29. The molecular weight excluding hydrogens is 304 g/mol. The molecule has 6 nitrogen and oxygen atoms in total. The van der Waals surface area contributed by atoms with Gasteiger partial charge in [0.1, 0.15) is 5.82 Å². The number of aromatic nitrogens is 2. The molecule has 0 amide bonds. The van der Waals surface area contributed by atoms with Crippen molar-refractivity contribution in [3.63, 3.8) is 0 Å². The van der Waals surface area contributed by atoms with Crippen molar-refractivity contribution in [1.82, 2.24) is 9.97 Å². The van der Waals surface area contributed by atoms with Gasteiger partial charge in [-0.2, -0.15) is 4.98 Å². The van der Waals surface area contributed by atoms with Gasteiger partial charge < -0.3 is 15.4 Å². The molecule has 0 radical (unpaired) electrons. The molecule has 2 heterocycles. The molecule has 1 atom stereocenters. The Balaban J connectivity index is 1.69. The number of nitrogens with zero attached hydrogens (tertiary/aromatic N) is 3. The summed E-state index contributed by atoms with van der Waals surface area (Å²) in [6.45, 7) is 2.81. The van der Waals surface area contributed by atoms with Crippen LogP contribution in [-0.4, -0.2) is 42.1 Å². The fourth-order valence-electron chi connectivity index (χ4n) is 3.46. The van der Waals surface area contributed by atoms with Gasteiger partial charge in [0.05, 0.1) is 24.5 Å². The average Bonchev–Trinajstić information content (AvgIpc) is 2.62. The third-order valence-electron chi connectivity index (χ3n) is 4.72. The highest BCUT2D eigenvalue weighted by Gasteiger charge is 2.31. The van der Waals surface area contributed by atoms with Crippen LogP contribution in [0.3, 0.4) is 0 Å². The predicted octanol–water partition coefficient (Wildman–Crippen LogP) is 1.81. The van der Waals surface area contributed by atoms with E-state index in [9.17, 15) is 4.79 Å². The Hall–Kier alpha value is -2.47. The van der Waals surface area contributed by atoms with E-state index in [4.69, 9.17) is 10.5 Å². The molecule has 0 saturated carbocycles. The number of morpholine rings is 1. The number of ether oxygens (including phenoxy) is 1. The molecule has 1 aliphatic heterocycles. The number of carbonyl (C=O) groups is 1. The van der Waals surface area contributed by atoms with Gasteiger partial charge in [-0.3, -0.25) is 4.79 Å². The summed E-state index contributed by atoms with van der Waals surface area (Å²) in [4.78, 5) is 23.7. The van der Waals surface area contributed by atoms with Gasteiger partial charge in [0.25, 0.3) is 0 Å². The Morgan fingerprint density at radius 1 is 1.08 bits per heavy atom. The van der Waals surface area contributed by atoms with E-state index in [-0.39, 0.29) is 11.7 Å². The molecule has 1 fully saturated rings. The first kappa shape index (κ1) is 15.1. The Bertz CT molecular complexity index is 757. The van der Waals surface area contributed by atoms with Crippen molar-refractivity contribution in [2.24, 2.45) is 0 Å². The van der Waals surface area contributed by atoms with Gasteiger partial charge in [0.15, 0.2) is 5.78 Å². The first-order chi connectivity index (χ1) is 11.7. The molecule has 1 aromatic carbocycles. The number of ketones is 1. The van der Waals surface area contributed by atoms with Gasteiger partial charge in [-0.25, -0.2) is 4.98 Å². The minimum atomic E-state index is 0.0381. The van der Waals surface area contributed by atoms with Crippen LogP contribution in [0.2, 0.25) is 0 Å². The fraction of sp³-hybridized carbons (Fsp3) is 0.389. The third kappa shape index (κ3) is 2.73. The Morgan fingerprint density at radius 2 is 1.83 bits per heavy atom. The zero-order valence-corrected chi connectivity index (χ0v) is 13.4. The van der Waals surface area contributed by atoms with Crippen molar-refractivity contribution in [2.45, 2.75) is 18.8 Å². The average molecular weight is 324 g/mol. The lowest BCUT2D eigenvalue weighted by atomic mass is 9.82. The number of hydrogen-bond acceptors (Lipinski definition) is 6. The molecule has 4 rings (SSSR count). The summed E-state index contributed by atoms with van der Waals surface area (Å²) in [6.07, 6.45) is 1.18. The first-order valence-electron chi connectivity index (χ1n) is 8.29. The molecule has 6 heteroatoms. The van der Waals surface area contributed by atoms with Crippen LogP contribution < -0.4 is 10.6 Å². The standard InChI is InChI=1S/C18H20N4O2/c19-17-16-14(20-18(21-17)22-6-8-24-9-7-22)10-13(11-15(16)23)12-4-2-1-3-5-12/h1-5,13H,6-11H2,(H2,19,20,21). The van der Waals surface area contributed by atoms with E-state index in [0.717, 1.165) is 25.2 Å². The van der Waals surface area contributed by atoms with Gasteiger partial charge in [-0.15, -0.1) is 0 Å². The van der Waals surface area contributed by atoms with Crippen molar-refractivity contribution in [3.05, 3.63) is 47.2 Å². The Kier molecular flexibility index (Phi) is 3.90. The van der Waals surface area contributed by atoms with Crippen LogP contribution in [0.1, 0.15) is 34.0 Å². The number of rotatable bonds is 2. The smallest absolute Gasteiger partial charge is 0.227 e. The molecule has 1 unspecified atom stereocenters. The number of nitrogen functional groups attached to an aromatic ring is 1. The summed E-state index contributed by atoms with van der Waals surface area (Å²) in [5.41, 5.74) is 8.55. The van der Waals surface area contributed by atoms with Gasteiger partial charge in [-0.05, 0) is 17.9 Å². The second-order valence-corrected chi connectivity index (χ2v) is 6.27. The van der Waals surface area contributed by atoms with Gasteiger partial charge in [0.2, 0.25) is 5.95 Å². The number of benzene rings is 1. The topological polar surface area (TPSA) is 81.3 Å². The Morgan fingerprint density at radius 3 is 2.58 bits per heavy atom. The molecule has 2 aliphatic rings. The van der Waals surface area contributed by atoms with Crippen molar-refractivity contribution < 1.29 is 9.53 Å². The van der Waals surface area contributed by atoms with Crippen LogP contribution in [-0.2, 0) is 11.2 Å². The number of Topliss-reactive ketones (excluding diaryl/α,β-unsaturated/α-hetero) is 1. The van der Waals surface area contributed by atoms with Crippen LogP contribution >= 0.6 is 0 Å². The monoisotopic (exact) mass is 324 g/mol. The Labute approximate surface area is 140 Å². The van der Waals surface area contributed by atoms with Gasteiger partial charge in [-0.1, -0.05) is 30.3 Å². The second kappa shape index (κ2) is 6.20. The van der Waals surface area contributed by atoms with Crippen molar-refractivity contribution in [2.75, 3.05) is 36.9 Å². The van der Waals surface area contributed by atoms with Crippen LogP contribution in [0, 0.1) is 0 Å². The molecule has 1 aromatic heterocycles. The molecule has 2 aromatic rings. The highest BCUT2D eigenvalue weighted by molar-refractivity contribution is 6.02. The molecule has 0 bridgehead atoms. The lowest BCUT2D eigenvalue weighted by molar-refractivity contribution is 0.0963. The van der Waals surface area contributed by atoms with Crippen LogP contribution in [0.4, 0.5) is 11.8 Å². The van der Waals surface area contributed by atoms with Gasteiger partial charge in [0, 0.05) is 19.5 Å². The molecule has 1 saturated heterocycles. The third-order valence-corrected chi connectivity index (χ3v) is 4.72. The molecule has 2 N–H and O–H groups in total. The normalized spacial score (nSPS) is 20.8. The highest BCUT2D eigenvalue weighted by Crippen LogP contribution is 2.34. The SMILES string of the molecule is Nc1nc(N2CCOCC2)nc2c1C(=O)CC(c1ccccc1)C2. The number of carbonyl (C=O) groups excluding carboxylic acids is 1. The van der Waals surface area contributed by atoms with E-state index in [0.29, 0.717) is 37.0 Å². The van der Waals surface area contributed by atoms with E-state index in [1.165, 1.54) is 5.56 Å². The van der Waals surface area contributed by atoms with E-state index in [1.54, 1.807) is 0 Å². The molecular formula is C18H20N4O2. The second-order valence-electron chi connectivity index (χ2n) is 6.27. The van der Waals surface area contributed by atoms with Crippen LogP contribution in [0.15, 0.2) is 30.3 Å². The molecule has 1 aliphatic carbocycles. The largest absolute Gasteiger partial charge is 0.383 e. The fourth-order valence-corrected chi connectivity index (χ4v) is 3.46. The van der Waals surface area contributed by atoms with Crippen molar-refractivity contribution in [1.29, 1.82) is 0 Å². The first-order valence-corrected chi connectivity index (χ1v) is 8.29. The zero-order chi connectivity index (χ0) is 16.5.